The van der Waals surface area contributed by atoms with E-state index in [1.165, 1.54) is 18.4 Å². The lowest BCUT2D eigenvalue weighted by atomic mass is 9.82. The maximum absolute atomic E-state index is 12.2. The van der Waals surface area contributed by atoms with Crippen LogP contribution in [0, 0.1) is 0 Å². The Morgan fingerprint density at radius 1 is 1.33 bits per heavy atom. The lowest BCUT2D eigenvalue weighted by Crippen LogP contribution is -2.46. The van der Waals surface area contributed by atoms with Gasteiger partial charge in [-0.3, -0.25) is 9.69 Å². The maximum atomic E-state index is 12.2. The van der Waals surface area contributed by atoms with Gasteiger partial charge in [0.2, 0.25) is 0 Å². The third-order valence-electron chi connectivity index (χ3n) is 4.40. The molecule has 4 heteroatoms. The number of hydrogen-bond acceptors (Lipinski definition) is 3. The summed E-state index contributed by atoms with van der Waals surface area (Å²) in [5, 5.41) is 0. The molecule has 3 nitrogen and oxygen atoms in total. The number of hydrogen-bond donors (Lipinski definition) is 0. The Hall–Kier alpha value is -0.870. The summed E-state index contributed by atoms with van der Waals surface area (Å²) in [5.41, 5.74) is 0.960. The largest absolute Gasteiger partial charge is 0.466 e. The van der Waals surface area contributed by atoms with Gasteiger partial charge in [0.25, 0.3) is 0 Å². The lowest BCUT2D eigenvalue weighted by Gasteiger charge is -2.41. The summed E-state index contributed by atoms with van der Waals surface area (Å²) in [6.07, 6.45) is 3.74. The van der Waals surface area contributed by atoms with Crippen molar-refractivity contribution in [2.75, 3.05) is 19.7 Å². The Bertz CT molecular complexity index is 485. The van der Waals surface area contributed by atoms with E-state index in [1.807, 2.05) is 19.1 Å². The monoisotopic (exact) mass is 353 g/mol. The molecule has 1 heterocycles. The molecule has 0 bridgehead atoms. The number of esters is 1. The minimum atomic E-state index is -0.244. The number of nitrogens with zero attached hydrogens (tertiary/aromatic N) is 1. The molecular weight excluding hydrogens is 330 g/mol. The van der Waals surface area contributed by atoms with Crippen molar-refractivity contribution in [1.29, 1.82) is 0 Å². The van der Waals surface area contributed by atoms with Crippen LogP contribution in [0.2, 0.25) is 0 Å². The number of likely N-dealkylation sites (tertiary alicyclic amines) is 1. The SMILES string of the molecule is CCOC(=O)CC(CC)(c1cccc(Br)c1)N1CCCC1. The van der Waals surface area contributed by atoms with E-state index >= 15 is 0 Å². The Kier molecular flexibility index (Phi) is 5.82. The zero-order valence-corrected chi connectivity index (χ0v) is 14.5. The summed E-state index contributed by atoms with van der Waals surface area (Å²) in [5.74, 6) is -0.105. The van der Waals surface area contributed by atoms with Crippen molar-refractivity contribution >= 4 is 21.9 Å². The quantitative estimate of drug-likeness (QED) is 0.721. The molecule has 1 saturated heterocycles. The van der Waals surface area contributed by atoms with Crippen molar-refractivity contribution in [1.82, 2.24) is 4.90 Å². The molecule has 0 N–H and O–H groups in total. The van der Waals surface area contributed by atoms with E-state index in [9.17, 15) is 4.79 Å². The second-order valence-corrected chi connectivity index (χ2v) is 6.49. The van der Waals surface area contributed by atoms with Gasteiger partial charge in [-0.1, -0.05) is 35.0 Å². The Balaban J connectivity index is 2.38. The Labute approximate surface area is 135 Å². The molecule has 1 aliphatic rings. The zero-order valence-electron chi connectivity index (χ0n) is 12.9. The number of ether oxygens (including phenoxy) is 1. The fourth-order valence-corrected chi connectivity index (χ4v) is 3.72. The summed E-state index contributed by atoms with van der Waals surface area (Å²) in [4.78, 5) is 14.6. The Morgan fingerprint density at radius 3 is 2.62 bits per heavy atom. The van der Waals surface area contributed by atoms with E-state index in [-0.39, 0.29) is 11.5 Å². The van der Waals surface area contributed by atoms with E-state index in [2.05, 4.69) is 39.9 Å². The van der Waals surface area contributed by atoms with Gasteiger partial charge in [0.05, 0.1) is 18.6 Å². The molecule has 1 fully saturated rings. The molecule has 116 valence electrons. The highest BCUT2D eigenvalue weighted by Crippen LogP contribution is 2.39. The first-order chi connectivity index (χ1) is 10.1. The number of rotatable bonds is 6. The minimum absolute atomic E-state index is 0.105. The van der Waals surface area contributed by atoms with Crippen molar-refractivity contribution in [3.05, 3.63) is 34.3 Å². The van der Waals surface area contributed by atoms with Gasteiger partial charge in [-0.05, 0) is 57.0 Å². The van der Waals surface area contributed by atoms with Gasteiger partial charge < -0.3 is 4.74 Å². The first kappa shape index (κ1) is 16.5. The molecule has 2 rings (SSSR count). The molecule has 0 aliphatic carbocycles. The minimum Gasteiger partial charge on any atom is -0.466 e. The molecule has 0 saturated carbocycles. The summed E-state index contributed by atoms with van der Waals surface area (Å²) in [6.45, 7) is 6.58. The fraction of sp³-hybridized carbons (Fsp3) is 0.588. The average molecular weight is 354 g/mol. The normalized spacial score (nSPS) is 18.4. The summed E-state index contributed by atoms with van der Waals surface area (Å²) < 4.78 is 6.29. The molecular formula is C17H24BrNO2. The fourth-order valence-electron chi connectivity index (χ4n) is 3.32. The van der Waals surface area contributed by atoms with E-state index in [4.69, 9.17) is 4.74 Å². The van der Waals surface area contributed by atoms with Crippen LogP contribution in [0.15, 0.2) is 28.7 Å². The van der Waals surface area contributed by atoms with Crippen LogP contribution in [0.1, 0.15) is 45.1 Å². The summed E-state index contributed by atoms with van der Waals surface area (Å²) in [6, 6.07) is 8.34. The van der Waals surface area contributed by atoms with Crippen LogP contribution in [0.5, 0.6) is 0 Å². The molecule has 0 radical (unpaired) electrons. The van der Waals surface area contributed by atoms with Crippen molar-refractivity contribution in [2.45, 2.75) is 45.1 Å². The van der Waals surface area contributed by atoms with Gasteiger partial charge in [-0.15, -0.1) is 0 Å². The Morgan fingerprint density at radius 2 is 2.05 bits per heavy atom. The molecule has 1 unspecified atom stereocenters. The molecule has 21 heavy (non-hydrogen) atoms. The summed E-state index contributed by atoms with van der Waals surface area (Å²) >= 11 is 3.55. The van der Waals surface area contributed by atoms with E-state index in [1.54, 1.807) is 0 Å². The van der Waals surface area contributed by atoms with Crippen LogP contribution in [-0.2, 0) is 15.1 Å². The van der Waals surface area contributed by atoms with Gasteiger partial charge in [0.1, 0.15) is 0 Å². The molecule has 1 aromatic rings. The lowest BCUT2D eigenvalue weighted by molar-refractivity contribution is -0.147. The highest BCUT2D eigenvalue weighted by Gasteiger charge is 2.40. The number of carbonyl (C=O) groups excluding carboxylic acids is 1. The van der Waals surface area contributed by atoms with Crippen LogP contribution in [-0.4, -0.2) is 30.6 Å². The van der Waals surface area contributed by atoms with Crippen molar-refractivity contribution in [3.63, 3.8) is 0 Å². The second-order valence-electron chi connectivity index (χ2n) is 5.57. The van der Waals surface area contributed by atoms with Crippen molar-refractivity contribution < 1.29 is 9.53 Å². The highest BCUT2D eigenvalue weighted by atomic mass is 79.9. The van der Waals surface area contributed by atoms with E-state index in [0.29, 0.717) is 13.0 Å². The number of carbonyl (C=O) groups is 1. The summed E-state index contributed by atoms with van der Waals surface area (Å²) in [7, 11) is 0. The smallest absolute Gasteiger partial charge is 0.308 e. The van der Waals surface area contributed by atoms with Crippen molar-refractivity contribution in [3.8, 4) is 0 Å². The van der Waals surface area contributed by atoms with Crippen LogP contribution in [0.3, 0.4) is 0 Å². The van der Waals surface area contributed by atoms with E-state index < -0.39 is 0 Å². The van der Waals surface area contributed by atoms with E-state index in [0.717, 1.165) is 24.0 Å². The molecule has 0 spiro atoms. The van der Waals surface area contributed by atoms with Gasteiger partial charge in [0, 0.05) is 4.47 Å². The van der Waals surface area contributed by atoms with Gasteiger partial charge >= 0.3 is 5.97 Å². The first-order valence-electron chi connectivity index (χ1n) is 7.79. The molecule has 0 aromatic heterocycles. The zero-order chi connectivity index (χ0) is 15.3. The second kappa shape index (κ2) is 7.41. The average Bonchev–Trinajstić information content (AvgIpc) is 2.99. The number of benzene rings is 1. The van der Waals surface area contributed by atoms with Gasteiger partial charge in [-0.2, -0.15) is 0 Å². The molecule has 0 amide bonds. The third-order valence-corrected chi connectivity index (χ3v) is 4.89. The molecule has 1 aromatic carbocycles. The molecule has 1 aliphatic heterocycles. The van der Waals surface area contributed by atoms with Crippen LogP contribution in [0.25, 0.3) is 0 Å². The topological polar surface area (TPSA) is 29.5 Å². The van der Waals surface area contributed by atoms with Crippen LogP contribution < -0.4 is 0 Å². The van der Waals surface area contributed by atoms with Gasteiger partial charge in [0.15, 0.2) is 0 Å². The van der Waals surface area contributed by atoms with Crippen LogP contribution in [0.4, 0.5) is 0 Å². The van der Waals surface area contributed by atoms with Crippen LogP contribution >= 0.6 is 15.9 Å². The maximum Gasteiger partial charge on any atom is 0.308 e. The predicted molar refractivity (Wildman–Crippen MR) is 88.2 cm³/mol. The highest BCUT2D eigenvalue weighted by molar-refractivity contribution is 9.10. The van der Waals surface area contributed by atoms with Crippen molar-refractivity contribution in [2.24, 2.45) is 0 Å². The standard InChI is InChI=1S/C17H24BrNO2/c1-3-17(13-16(20)21-4-2,19-10-5-6-11-19)14-8-7-9-15(18)12-14/h7-9,12H,3-6,10-11,13H2,1-2H3. The first-order valence-corrected chi connectivity index (χ1v) is 8.58. The molecule has 1 atom stereocenters. The van der Waals surface area contributed by atoms with Gasteiger partial charge in [-0.25, -0.2) is 0 Å². The number of halogens is 1. The predicted octanol–water partition coefficient (Wildman–Crippen LogP) is 4.10. The third kappa shape index (κ3) is 3.67.